The minimum Gasteiger partial charge on any atom is -0.376 e. The lowest BCUT2D eigenvalue weighted by Gasteiger charge is -2.14. The van der Waals surface area contributed by atoms with Crippen molar-refractivity contribution in [2.75, 3.05) is 23.8 Å². The van der Waals surface area contributed by atoms with E-state index in [0.29, 0.717) is 28.5 Å². The van der Waals surface area contributed by atoms with Crippen molar-refractivity contribution in [2.24, 2.45) is 0 Å². The molecular formula is C19H20ClN3O3. The lowest BCUT2D eigenvalue weighted by Crippen LogP contribution is -2.32. The maximum Gasteiger partial charge on any atom is 0.323 e. The Kier molecular flexibility index (Phi) is 6.09. The van der Waals surface area contributed by atoms with Crippen LogP contribution in [0.3, 0.4) is 0 Å². The lowest BCUT2D eigenvalue weighted by atomic mass is 10.1. The Morgan fingerprint density at radius 3 is 2.73 bits per heavy atom. The molecule has 0 saturated carbocycles. The summed E-state index contributed by atoms with van der Waals surface area (Å²) >= 11 is 5.91. The van der Waals surface area contributed by atoms with E-state index in [4.69, 9.17) is 16.3 Å². The van der Waals surface area contributed by atoms with Gasteiger partial charge in [0.2, 0.25) is 0 Å². The predicted octanol–water partition coefficient (Wildman–Crippen LogP) is 3.89. The van der Waals surface area contributed by atoms with Gasteiger partial charge in [-0.1, -0.05) is 29.8 Å². The Balaban J connectivity index is 1.62. The average molecular weight is 374 g/mol. The largest absolute Gasteiger partial charge is 0.376 e. The highest BCUT2D eigenvalue weighted by molar-refractivity contribution is 6.30. The van der Waals surface area contributed by atoms with E-state index >= 15 is 0 Å². The number of benzene rings is 2. The van der Waals surface area contributed by atoms with Crippen LogP contribution in [0.2, 0.25) is 5.02 Å². The Morgan fingerprint density at radius 2 is 1.96 bits per heavy atom. The summed E-state index contributed by atoms with van der Waals surface area (Å²) in [6.45, 7) is 1.20. The van der Waals surface area contributed by atoms with Crippen LogP contribution >= 0.6 is 11.6 Å². The van der Waals surface area contributed by atoms with E-state index in [2.05, 4.69) is 16.0 Å². The third-order valence-corrected chi connectivity index (χ3v) is 4.25. The highest BCUT2D eigenvalue weighted by Crippen LogP contribution is 2.18. The van der Waals surface area contributed by atoms with E-state index < -0.39 is 6.03 Å². The van der Waals surface area contributed by atoms with E-state index in [1.165, 1.54) is 0 Å². The molecule has 0 aromatic heterocycles. The molecule has 0 aliphatic carbocycles. The lowest BCUT2D eigenvalue weighted by molar-refractivity contribution is 0.0858. The fourth-order valence-electron chi connectivity index (χ4n) is 2.75. The summed E-state index contributed by atoms with van der Waals surface area (Å²) in [7, 11) is 0. The summed E-state index contributed by atoms with van der Waals surface area (Å²) in [6.07, 6.45) is 2.02. The minimum atomic E-state index is -0.452. The van der Waals surface area contributed by atoms with Crippen molar-refractivity contribution in [3.05, 3.63) is 59.1 Å². The summed E-state index contributed by atoms with van der Waals surface area (Å²) in [5.41, 5.74) is 1.39. The number of carbonyl (C=O) groups excluding carboxylic acids is 2. The Morgan fingerprint density at radius 1 is 1.12 bits per heavy atom. The van der Waals surface area contributed by atoms with Crippen molar-refractivity contribution in [1.29, 1.82) is 0 Å². The van der Waals surface area contributed by atoms with Gasteiger partial charge in [-0.2, -0.15) is 0 Å². The van der Waals surface area contributed by atoms with Gasteiger partial charge >= 0.3 is 6.03 Å². The molecule has 26 heavy (non-hydrogen) atoms. The second kappa shape index (κ2) is 8.69. The second-order valence-electron chi connectivity index (χ2n) is 5.98. The highest BCUT2D eigenvalue weighted by atomic mass is 35.5. The van der Waals surface area contributed by atoms with Crippen LogP contribution in [0.5, 0.6) is 0 Å². The molecule has 3 N–H and O–H groups in total. The molecule has 3 amide bonds. The van der Waals surface area contributed by atoms with Crippen LogP contribution in [0, 0.1) is 0 Å². The van der Waals surface area contributed by atoms with Gasteiger partial charge in [-0.3, -0.25) is 4.79 Å². The van der Waals surface area contributed by atoms with Gasteiger partial charge in [-0.25, -0.2) is 4.79 Å². The molecule has 7 heteroatoms. The van der Waals surface area contributed by atoms with E-state index in [1.54, 1.807) is 48.5 Å². The first kappa shape index (κ1) is 18.2. The minimum absolute atomic E-state index is 0.0604. The number of hydrogen-bond donors (Lipinski definition) is 3. The van der Waals surface area contributed by atoms with Gasteiger partial charge in [0.25, 0.3) is 5.91 Å². The van der Waals surface area contributed by atoms with Gasteiger partial charge in [0.05, 0.1) is 17.4 Å². The van der Waals surface area contributed by atoms with Crippen LogP contribution in [0.4, 0.5) is 16.2 Å². The summed E-state index contributed by atoms with van der Waals surface area (Å²) in [4.78, 5) is 24.7. The molecule has 0 unspecified atom stereocenters. The third kappa shape index (κ3) is 4.97. The van der Waals surface area contributed by atoms with Crippen molar-refractivity contribution in [1.82, 2.24) is 5.32 Å². The standard InChI is InChI=1S/C19H20ClN3O3/c20-13-5-3-6-14(11-13)22-19(25)23-17-9-2-1-8-16(17)18(24)21-12-15-7-4-10-26-15/h1-3,5-6,8-9,11,15H,4,7,10,12H2,(H,21,24)(H2,22,23,25)/t15-/m0/s1. The normalized spacial score (nSPS) is 16.1. The zero-order valence-electron chi connectivity index (χ0n) is 14.1. The monoisotopic (exact) mass is 373 g/mol. The smallest absolute Gasteiger partial charge is 0.323 e. The SMILES string of the molecule is O=C(Nc1cccc(Cl)c1)Nc1ccccc1C(=O)NC[C@@H]1CCCO1. The molecule has 3 rings (SSSR count). The molecule has 136 valence electrons. The number of urea groups is 1. The molecule has 1 atom stereocenters. The van der Waals surface area contributed by atoms with Gasteiger partial charge in [-0.15, -0.1) is 0 Å². The van der Waals surface area contributed by atoms with Gasteiger partial charge in [-0.05, 0) is 43.2 Å². The third-order valence-electron chi connectivity index (χ3n) is 4.02. The first-order valence-corrected chi connectivity index (χ1v) is 8.82. The number of para-hydroxylation sites is 1. The summed E-state index contributed by atoms with van der Waals surface area (Å²) in [5.74, 6) is -0.251. The molecule has 2 aromatic carbocycles. The van der Waals surface area contributed by atoms with Crippen LogP contribution in [-0.4, -0.2) is 31.2 Å². The fourth-order valence-corrected chi connectivity index (χ4v) is 2.94. The van der Waals surface area contributed by atoms with Crippen LogP contribution in [0.15, 0.2) is 48.5 Å². The van der Waals surface area contributed by atoms with Gasteiger partial charge in [0.15, 0.2) is 0 Å². The fraction of sp³-hybridized carbons (Fsp3) is 0.263. The molecule has 0 radical (unpaired) electrons. The van der Waals surface area contributed by atoms with Crippen LogP contribution < -0.4 is 16.0 Å². The molecule has 1 saturated heterocycles. The molecule has 1 fully saturated rings. The second-order valence-corrected chi connectivity index (χ2v) is 6.42. The maximum atomic E-state index is 12.5. The van der Waals surface area contributed by atoms with Crippen molar-refractivity contribution in [3.8, 4) is 0 Å². The molecule has 1 heterocycles. The van der Waals surface area contributed by atoms with Gasteiger partial charge in [0.1, 0.15) is 0 Å². The quantitative estimate of drug-likeness (QED) is 0.743. The Bertz CT molecular complexity index is 791. The number of nitrogens with one attached hydrogen (secondary N) is 3. The zero-order chi connectivity index (χ0) is 18.4. The summed E-state index contributed by atoms with van der Waals surface area (Å²) in [5, 5.41) is 8.77. The average Bonchev–Trinajstić information content (AvgIpc) is 3.13. The molecule has 0 bridgehead atoms. The van der Waals surface area contributed by atoms with E-state index in [9.17, 15) is 9.59 Å². The van der Waals surface area contributed by atoms with Gasteiger partial charge in [0, 0.05) is 23.9 Å². The maximum absolute atomic E-state index is 12.5. The van der Waals surface area contributed by atoms with E-state index in [1.807, 2.05) is 0 Å². The molecule has 2 aromatic rings. The van der Waals surface area contributed by atoms with Gasteiger partial charge < -0.3 is 20.7 Å². The highest BCUT2D eigenvalue weighted by Gasteiger charge is 2.18. The molecule has 0 spiro atoms. The van der Waals surface area contributed by atoms with Crippen LogP contribution in [-0.2, 0) is 4.74 Å². The summed E-state index contributed by atoms with van der Waals surface area (Å²) in [6, 6.07) is 13.2. The zero-order valence-corrected chi connectivity index (χ0v) is 14.9. The van der Waals surface area contributed by atoms with Crippen molar-refractivity contribution in [3.63, 3.8) is 0 Å². The number of carbonyl (C=O) groups is 2. The number of ether oxygens (including phenoxy) is 1. The van der Waals surface area contributed by atoms with Crippen LogP contribution in [0.25, 0.3) is 0 Å². The predicted molar refractivity (Wildman–Crippen MR) is 102 cm³/mol. The van der Waals surface area contributed by atoms with Crippen molar-refractivity contribution >= 4 is 34.9 Å². The number of halogens is 1. The molecule has 1 aliphatic rings. The Hall–Kier alpha value is -2.57. The van der Waals surface area contributed by atoms with E-state index in [0.717, 1.165) is 19.4 Å². The number of anilines is 2. The summed E-state index contributed by atoms with van der Waals surface area (Å²) < 4.78 is 5.50. The number of hydrogen-bond acceptors (Lipinski definition) is 3. The number of rotatable bonds is 5. The number of amides is 3. The Labute approximate surface area is 156 Å². The molecular weight excluding hydrogens is 354 g/mol. The molecule has 1 aliphatic heterocycles. The van der Waals surface area contributed by atoms with Crippen molar-refractivity contribution < 1.29 is 14.3 Å². The van der Waals surface area contributed by atoms with Crippen molar-refractivity contribution in [2.45, 2.75) is 18.9 Å². The van der Waals surface area contributed by atoms with E-state index in [-0.39, 0.29) is 12.0 Å². The first-order chi connectivity index (χ1) is 12.6. The first-order valence-electron chi connectivity index (χ1n) is 8.44. The molecule has 6 nitrogen and oxygen atoms in total. The topological polar surface area (TPSA) is 79.5 Å². The van der Waals surface area contributed by atoms with Crippen LogP contribution in [0.1, 0.15) is 23.2 Å².